The van der Waals surface area contributed by atoms with Crippen LogP contribution in [0.25, 0.3) is 0 Å². The van der Waals surface area contributed by atoms with E-state index in [0.29, 0.717) is 18.3 Å². The lowest BCUT2D eigenvalue weighted by molar-refractivity contribution is -0.163. The molecular formula is C36H34N2O2. The molecule has 0 radical (unpaired) electrons. The molecule has 4 fully saturated rings. The predicted octanol–water partition coefficient (Wildman–Crippen LogP) is 8.30. The molecule has 0 spiro atoms. The van der Waals surface area contributed by atoms with Crippen molar-refractivity contribution in [1.29, 1.82) is 0 Å². The molecule has 200 valence electrons. The maximum Gasteiger partial charge on any atom is 0.237 e. The van der Waals surface area contributed by atoms with Gasteiger partial charge in [0.05, 0.1) is 10.8 Å². The summed E-state index contributed by atoms with van der Waals surface area (Å²) < 4.78 is 0. The summed E-state index contributed by atoms with van der Waals surface area (Å²) in [7, 11) is 0. The van der Waals surface area contributed by atoms with Gasteiger partial charge in [-0.2, -0.15) is 0 Å². The van der Waals surface area contributed by atoms with Crippen molar-refractivity contribution >= 4 is 34.6 Å². The summed E-state index contributed by atoms with van der Waals surface area (Å²) in [5, 5.41) is 0. The molecule has 4 aromatic rings. The second-order valence-electron chi connectivity index (χ2n) is 12.1. The Hall–Kier alpha value is -4.18. The van der Waals surface area contributed by atoms with Crippen molar-refractivity contribution in [3.63, 3.8) is 0 Å². The van der Waals surface area contributed by atoms with Gasteiger partial charge in [0, 0.05) is 22.7 Å². The van der Waals surface area contributed by atoms with E-state index in [0.717, 1.165) is 54.9 Å². The smallest absolute Gasteiger partial charge is 0.237 e. The van der Waals surface area contributed by atoms with Crippen molar-refractivity contribution in [2.24, 2.45) is 22.7 Å². The number of para-hydroxylation sites is 4. The van der Waals surface area contributed by atoms with Gasteiger partial charge in [0.15, 0.2) is 0 Å². The van der Waals surface area contributed by atoms with Gasteiger partial charge in [-0.05, 0) is 98.9 Å². The van der Waals surface area contributed by atoms with Gasteiger partial charge in [0.25, 0.3) is 0 Å². The van der Waals surface area contributed by atoms with Crippen LogP contribution in [0.2, 0.25) is 0 Å². The molecule has 0 unspecified atom stereocenters. The van der Waals surface area contributed by atoms with Crippen molar-refractivity contribution in [2.75, 3.05) is 9.80 Å². The maximum atomic E-state index is 14.9. The number of carbonyl (C=O) groups is 2. The van der Waals surface area contributed by atoms with Crippen LogP contribution in [-0.4, -0.2) is 11.8 Å². The third kappa shape index (κ3) is 4.14. The number of benzene rings is 4. The SMILES string of the molecule is O=C(N(c1ccccc1)c1ccccc1)C12CC3CC(C1)CC(C(=O)N(c1ccccc1)c1ccccc1)(C3)C2. The fourth-order valence-corrected chi connectivity index (χ4v) is 8.31. The quantitative estimate of drug-likeness (QED) is 0.254. The van der Waals surface area contributed by atoms with Gasteiger partial charge in [-0.25, -0.2) is 0 Å². The lowest BCUT2D eigenvalue weighted by atomic mass is 9.43. The molecule has 4 aliphatic carbocycles. The summed E-state index contributed by atoms with van der Waals surface area (Å²) in [5.41, 5.74) is 2.42. The van der Waals surface area contributed by atoms with Gasteiger partial charge >= 0.3 is 0 Å². The van der Waals surface area contributed by atoms with Gasteiger partial charge < -0.3 is 0 Å². The van der Waals surface area contributed by atoms with E-state index in [9.17, 15) is 9.59 Å². The summed E-state index contributed by atoms with van der Waals surface area (Å²) >= 11 is 0. The van der Waals surface area contributed by atoms with Crippen molar-refractivity contribution in [3.8, 4) is 0 Å². The topological polar surface area (TPSA) is 40.6 Å². The van der Waals surface area contributed by atoms with Crippen molar-refractivity contribution in [2.45, 2.75) is 38.5 Å². The fraction of sp³-hybridized carbons (Fsp3) is 0.278. The van der Waals surface area contributed by atoms with Gasteiger partial charge in [0.2, 0.25) is 11.8 Å². The molecule has 0 atom stereocenters. The molecule has 0 aromatic heterocycles. The van der Waals surface area contributed by atoms with Crippen molar-refractivity contribution < 1.29 is 9.59 Å². The zero-order valence-electron chi connectivity index (χ0n) is 22.7. The number of nitrogens with zero attached hydrogens (tertiary/aromatic N) is 2. The second-order valence-corrected chi connectivity index (χ2v) is 12.1. The second kappa shape index (κ2) is 9.78. The van der Waals surface area contributed by atoms with Crippen LogP contribution in [0.5, 0.6) is 0 Å². The molecule has 0 heterocycles. The Morgan fingerprint density at radius 2 is 0.750 bits per heavy atom. The Morgan fingerprint density at radius 3 is 1.02 bits per heavy atom. The Labute approximate surface area is 236 Å². The van der Waals surface area contributed by atoms with Crippen molar-refractivity contribution in [3.05, 3.63) is 121 Å². The molecule has 4 nitrogen and oxygen atoms in total. The first-order chi connectivity index (χ1) is 19.6. The number of hydrogen-bond donors (Lipinski definition) is 0. The van der Waals surface area contributed by atoms with E-state index >= 15 is 0 Å². The first kappa shape index (κ1) is 24.8. The number of amides is 2. The Bertz CT molecular complexity index is 1300. The number of carbonyl (C=O) groups excluding carboxylic acids is 2. The number of rotatable bonds is 6. The van der Waals surface area contributed by atoms with Crippen LogP contribution in [-0.2, 0) is 9.59 Å². The average molecular weight is 527 g/mol. The summed E-state index contributed by atoms with van der Waals surface area (Å²) in [6.45, 7) is 0. The van der Waals surface area contributed by atoms with E-state index < -0.39 is 10.8 Å². The largest absolute Gasteiger partial charge is 0.281 e. The lowest BCUT2D eigenvalue weighted by Crippen LogP contribution is -2.61. The van der Waals surface area contributed by atoms with E-state index in [1.165, 1.54) is 0 Å². The first-order valence-electron chi connectivity index (χ1n) is 14.5. The third-order valence-electron chi connectivity index (χ3n) is 9.43. The summed E-state index contributed by atoms with van der Waals surface area (Å²) in [6.07, 6.45) is 5.19. The van der Waals surface area contributed by atoms with Gasteiger partial charge in [0.1, 0.15) is 0 Å². The van der Waals surface area contributed by atoms with E-state index in [-0.39, 0.29) is 11.8 Å². The fourth-order valence-electron chi connectivity index (χ4n) is 8.31. The Kier molecular flexibility index (Phi) is 6.07. The summed E-state index contributed by atoms with van der Waals surface area (Å²) in [6, 6.07) is 39.9. The van der Waals surface area contributed by atoms with Crippen LogP contribution >= 0.6 is 0 Å². The van der Waals surface area contributed by atoms with E-state index in [1.807, 2.05) is 131 Å². The Morgan fingerprint density at radius 1 is 0.475 bits per heavy atom. The average Bonchev–Trinajstić information content (AvgIpc) is 2.99. The van der Waals surface area contributed by atoms with Crippen LogP contribution in [0.15, 0.2) is 121 Å². The molecule has 4 bridgehead atoms. The van der Waals surface area contributed by atoms with Crippen LogP contribution in [0.4, 0.5) is 22.7 Å². The van der Waals surface area contributed by atoms with E-state index in [2.05, 4.69) is 0 Å². The Balaban J connectivity index is 1.30. The van der Waals surface area contributed by atoms with Crippen molar-refractivity contribution in [1.82, 2.24) is 0 Å². The molecule has 8 rings (SSSR count). The third-order valence-corrected chi connectivity index (χ3v) is 9.43. The molecular weight excluding hydrogens is 492 g/mol. The standard InChI is InChI=1S/C36H34N2O2/c39-33(37(29-13-5-1-6-14-29)30-15-7-2-8-16-30)35-22-27-21-28(23-35)25-36(24-27,26-35)34(40)38(31-17-9-3-10-18-31)32-19-11-4-12-20-32/h1-20,27-28H,21-26H2. The highest BCUT2D eigenvalue weighted by atomic mass is 16.2. The molecule has 4 aliphatic rings. The number of hydrogen-bond acceptors (Lipinski definition) is 2. The summed E-state index contributed by atoms with van der Waals surface area (Å²) in [4.78, 5) is 33.6. The minimum absolute atomic E-state index is 0.141. The van der Waals surface area contributed by atoms with Crippen LogP contribution in [0.3, 0.4) is 0 Å². The van der Waals surface area contributed by atoms with E-state index in [1.54, 1.807) is 0 Å². The molecule has 40 heavy (non-hydrogen) atoms. The van der Waals surface area contributed by atoms with Gasteiger partial charge in [-0.1, -0.05) is 72.8 Å². The molecule has 4 aromatic carbocycles. The first-order valence-corrected chi connectivity index (χ1v) is 14.5. The van der Waals surface area contributed by atoms with Crippen LogP contribution in [0, 0.1) is 22.7 Å². The number of anilines is 4. The monoisotopic (exact) mass is 526 g/mol. The predicted molar refractivity (Wildman–Crippen MR) is 160 cm³/mol. The summed E-state index contributed by atoms with van der Waals surface area (Å²) in [5.74, 6) is 1.05. The zero-order chi connectivity index (χ0) is 27.2. The van der Waals surface area contributed by atoms with E-state index in [4.69, 9.17) is 0 Å². The maximum absolute atomic E-state index is 14.9. The minimum Gasteiger partial charge on any atom is -0.281 e. The molecule has 0 saturated heterocycles. The van der Waals surface area contributed by atoms with Crippen LogP contribution < -0.4 is 9.80 Å². The molecule has 2 amide bonds. The highest BCUT2D eigenvalue weighted by molar-refractivity contribution is 6.07. The molecule has 0 aliphatic heterocycles. The molecule has 4 saturated carbocycles. The van der Waals surface area contributed by atoms with Gasteiger partial charge in [-0.3, -0.25) is 19.4 Å². The minimum atomic E-state index is -0.551. The van der Waals surface area contributed by atoms with Crippen LogP contribution in [0.1, 0.15) is 38.5 Å². The highest BCUT2D eigenvalue weighted by Gasteiger charge is 2.64. The normalized spacial score (nSPS) is 26.3. The lowest BCUT2D eigenvalue weighted by Gasteiger charge is -2.61. The van der Waals surface area contributed by atoms with Gasteiger partial charge in [-0.15, -0.1) is 0 Å². The highest BCUT2D eigenvalue weighted by Crippen LogP contribution is 2.67. The molecule has 4 heteroatoms. The molecule has 0 N–H and O–H groups in total. The zero-order valence-corrected chi connectivity index (χ0v) is 22.7.